The largest absolute Gasteiger partial charge is 0.484 e. The molecule has 0 bridgehead atoms. The summed E-state index contributed by atoms with van der Waals surface area (Å²) < 4.78 is 53.7. The average Bonchev–Trinajstić information content (AvgIpc) is 3.13. The van der Waals surface area contributed by atoms with E-state index in [9.17, 15) is 18.0 Å². The maximum Gasteiger partial charge on any atom is 0.258 e. The number of carbonyl (C=O) groups excluding carboxylic acids is 1. The zero-order chi connectivity index (χ0) is 22.6. The summed E-state index contributed by atoms with van der Waals surface area (Å²) in [5, 5.41) is 4.52. The third kappa shape index (κ3) is 3.09. The normalized spacial score (nSPS) is 17.3. The fraction of sp³-hybridized carbons (Fsp3) is 0.318. The van der Waals surface area contributed by atoms with Crippen LogP contribution in [0.4, 0.5) is 13.2 Å². The quantitative estimate of drug-likeness (QED) is 0.567. The van der Waals surface area contributed by atoms with Gasteiger partial charge < -0.3 is 14.4 Å². The molecule has 10 heteroatoms. The fourth-order valence-corrected chi connectivity index (χ4v) is 4.35. The number of ether oxygens (including phenoxy) is 2. The smallest absolute Gasteiger partial charge is 0.258 e. The molecule has 0 fully saturated rings. The van der Waals surface area contributed by atoms with Crippen molar-refractivity contribution in [2.24, 2.45) is 7.05 Å². The number of benzene rings is 1. The summed E-state index contributed by atoms with van der Waals surface area (Å²) >= 11 is 0. The van der Waals surface area contributed by atoms with E-state index >= 15 is 0 Å². The van der Waals surface area contributed by atoms with Gasteiger partial charge in [0.2, 0.25) is 0 Å². The first-order chi connectivity index (χ1) is 15.4. The van der Waals surface area contributed by atoms with Crippen molar-refractivity contribution in [1.29, 1.82) is 0 Å². The summed E-state index contributed by atoms with van der Waals surface area (Å²) in [6.45, 7) is 2.88. The summed E-state index contributed by atoms with van der Waals surface area (Å²) in [4.78, 5) is 19.1. The van der Waals surface area contributed by atoms with Gasteiger partial charge in [-0.25, -0.2) is 18.2 Å². The molecule has 0 saturated carbocycles. The molecule has 166 valence electrons. The highest BCUT2D eigenvalue weighted by molar-refractivity contribution is 5.98. The molecular formula is C22H19F3N4O3. The Kier molecular flexibility index (Phi) is 4.79. The van der Waals surface area contributed by atoms with Crippen LogP contribution in [0.5, 0.6) is 11.6 Å². The van der Waals surface area contributed by atoms with Crippen LogP contribution in [-0.4, -0.2) is 45.3 Å². The van der Waals surface area contributed by atoms with Gasteiger partial charge in [0.15, 0.2) is 23.2 Å². The summed E-state index contributed by atoms with van der Waals surface area (Å²) in [6.07, 6.45) is 1.91. The molecule has 0 radical (unpaired) electrons. The summed E-state index contributed by atoms with van der Waals surface area (Å²) in [7, 11) is 1.65. The van der Waals surface area contributed by atoms with E-state index in [-0.39, 0.29) is 17.4 Å². The van der Waals surface area contributed by atoms with Crippen LogP contribution < -0.4 is 9.47 Å². The number of fused-ring (bicyclic) bond motifs is 2. The van der Waals surface area contributed by atoms with Crippen molar-refractivity contribution < 1.29 is 27.4 Å². The van der Waals surface area contributed by atoms with Crippen molar-refractivity contribution >= 4 is 5.91 Å². The van der Waals surface area contributed by atoms with Crippen molar-refractivity contribution in [2.75, 3.05) is 19.8 Å². The molecule has 0 saturated heterocycles. The minimum Gasteiger partial charge on any atom is -0.484 e. The van der Waals surface area contributed by atoms with Crippen LogP contribution in [-0.2, 0) is 13.5 Å². The third-order valence-corrected chi connectivity index (χ3v) is 5.83. The molecule has 2 aliphatic rings. The molecule has 4 heterocycles. The first kappa shape index (κ1) is 20.3. The molecule has 0 N–H and O–H groups in total. The van der Waals surface area contributed by atoms with Crippen LogP contribution in [0.25, 0.3) is 11.3 Å². The minimum absolute atomic E-state index is 0.193. The van der Waals surface area contributed by atoms with Gasteiger partial charge in [0, 0.05) is 30.9 Å². The van der Waals surface area contributed by atoms with Crippen molar-refractivity contribution in [3.8, 4) is 22.9 Å². The Morgan fingerprint density at radius 3 is 2.62 bits per heavy atom. The Morgan fingerprint density at radius 1 is 1.16 bits per heavy atom. The Hall–Kier alpha value is -3.56. The monoisotopic (exact) mass is 444 g/mol. The number of rotatable bonds is 2. The second kappa shape index (κ2) is 7.54. The van der Waals surface area contributed by atoms with Crippen molar-refractivity contribution in [3.63, 3.8) is 0 Å². The zero-order valence-electron chi connectivity index (χ0n) is 17.4. The Morgan fingerprint density at radius 2 is 1.88 bits per heavy atom. The van der Waals surface area contributed by atoms with Crippen molar-refractivity contribution in [2.45, 2.75) is 19.4 Å². The Labute approximate surface area is 181 Å². The van der Waals surface area contributed by atoms with E-state index in [1.54, 1.807) is 18.0 Å². The molecule has 1 atom stereocenters. The van der Waals surface area contributed by atoms with Crippen molar-refractivity contribution in [3.05, 3.63) is 58.7 Å². The fourth-order valence-electron chi connectivity index (χ4n) is 4.35. The molecule has 1 aromatic carbocycles. The standard InChI is InChI=1S/C22H19F3N4O3/c1-11-18-13(19(28(2)27-18)12-9-15(23)17(25)16(24)10-12)4-6-29(11)22(30)14-3-5-26-21-20(14)31-7-8-32-21/h3,5,9-11H,4,6-8H2,1-2H3/t11-/m0/s1. The molecule has 2 aromatic heterocycles. The number of pyridine rings is 1. The number of carbonyl (C=O) groups is 1. The predicted molar refractivity (Wildman–Crippen MR) is 107 cm³/mol. The summed E-state index contributed by atoms with van der Waals surface area (Å²) in [5.74, 6) is -3.69. The lowest BCUT2D eigenvalue weighted by molar-refractivity contribution is 0.0662. The molecule has 7 nitrogen and oxygen atoms in total. The van der Waals surface area contributed by atoms with E-state index in [4.69, 9.17) is 9.47 Å². The van der Waals surface area contributed by atoms with Gasteiger partial charge in [0.1, 0.15) is 13.2 Å². The van der Waals surface area contributed by atoms with Crippen LogP contribution in [0, 0.1) is 17.5 Å². The number of nitrogens with zero attached hydrogens (tertiary/aromatic N) is 4. The Bertz CT molecular complexity index is 1220. The highest BCUT2D eigenvalue weighted by Gasteiger charge is 2.35. The van der Waals surface area contributed by atoms with Gasteiger partial charge in [-0.1, -0.05) is 0 Å². The lowest BCUT2D eigenvalue weighted by Gasteiger charge is -2.33. The number of amides is 1. The third-order valence-electron chi connectivity index (χ3n) is 5.83. The van der Waals surface area contributed by atoms with Crippen LogP contribution in [0.2, 0.25) is 0 Å². The van der Waals surface area contributed by atoms with Crippen LogP contribution in [0.1, 0.15) is 34.6 Å². The van der Waals surface area contributed by atoms with Gasteiger partial charge in [0.25, 0.3) is 11.8 Å². The maximum absolute atomic E-state index is 13.8. The highest BCUT2D eigenvalue weighted by atomic mass is 19.2. The second-order valence-electron chi connectivity index (χ2n) is 7.70. The van der Waals surface area contributed by atoms with Crippen LogP contribution in [0.3, 0.4) is 0 Å². The van der Waals surface area contributed by atoms with E-state index in [0.717, 1.165) is 17.7 Å². The average molecular weight is 444 g/mol. The summed E-state index contributed by atoms with van der Waals surface area (Å²) in [5.41, 5.74) is 2.43. The molecule has 3 aromatic rings. The lowest BCUT2D eigenvalue weighted by Crippen LogP contribution is -2.39. The molecule has 5 rings (SSSR count). The highest BCUT2D eigenvalue weighted by Crippen LogP contribution is 2.39. The van der Waals surface area contributed by atoms with E-state index in [2.05, 4.69) is 10.1 Å². The Balaban J connectivity index is 1.51. The van der Waals surface area contributed by atoms with Gasteiger partial charge in [-0.2, -0.15) is 5.10 Å². The molecule has 0 unspecified atom stereocenters. The van der Waals surface area contributed by atoms with Gasteiger partial charge in [-0.05, 0) is 31.5 Å². The van der Waals surface area contributed by atoms with Gasteiger partial charge in [0.05, 0.1) is 23.0 Å². The topological polar surface area (TPSA) is 69.5 Å². The van der Waals surface area contributed by atoms with Crippen LogP contribution >= 0.6 is 0 Å². The maximum atomic E-state index is 13.8. The number of hydrogen-bond acceptors (Lipinski definition) is 5. The number of halogens is 3. The first-order valence-electron chi connectivity index (χ1n) is 10.1. The molecular weight excluding hydrogens is 425 g/mol. The molecule has 32 heavy (non-hydrogen) atoms. The number of aromatic nitrogens is 3. The van der Waals surface area contributed by atoms with E-state index in [1.165, 1.54) is 10.9 Å². The zero-order valence-corrected chi connectivity index (χ0v) is 17.4. The first-order valence-corrected chi connectivity index (χ1v) is 10.1. The van der Waals surface area contributed by atoms with Gasteiger partial charge in [-0.15, -0.1) is 0 Å². The molecule has 0 aliphatic carbocycles. The van der Waals surface area contributed by atoms with Crippen LogP contribution in [0.15, 0.2) is 24.4 Å². The lowest BCUT2D eigenvalue weighted by atomic mass is 9.95. The predicted octanol–water partition coefficient (Wildman–Crippen LogP) is 3.43. The van der Waals surface area contributed by atoms with E-state index in [0.29, 0.717) is 48.9 Å². The molecule has 0 spiro atoms. The van der Waals surface area contributed by atoms with Gasteiger partial charge >= 0.3 is 0 Å². The SMILES string of the molecule is C[C@H]1c2nn(C)c(-c3cc(F)c(F)c(F)c3)c2CCN1C(=O)c1ccnc2c1OCCO2. The molecule has 2 aliphatic heterocycles. The van der Waals surface area contributed by atoms with E-state index in [1.807, 2.05) is 6.92 Å². The minimum atomic E-state index is -1.51. The van der Waals surface area contributed by atoms with E-state index < -0.39 is 23.5 Å². The number of aryl methyl sites for hydroxylation is 1. The second-order valence-corrected chi connectivity index (χ2v) is 7.70. The van der Waals surface area contributed by atoms with Crippen molar-refractivity contribution in [1.82, 2.24) is 19.7 Å². The number of hydrogen-bond donors (Lipinski definition) is 0. The molecule has 1 amide bonds. The summed E-state index contributed by atoms with van der Waals surface area (Å²) in [6, 6.07) is 3.10. The van der Waals surface area contributed by atoms with Gasteiger partial charge in [-0.3, -0.25) is 9.48 Å².